The van der Waals surface area contributed by atoms with E-state index in [0.717, 1.165) is 22.4 Å². The second kappa shape index (κ2) is 8.29. The molecule has 29 heavy (non-hydrogen) atoms. The molecule has 7 heteroatoms. The van der Waals surface area contributed by atoms with E-state index in [0.29, 0.717) is 11.0 Å². The molecular weight excluding hydrogens is 382 g/mol. The summed E-state index contributed by atoms with van der Waals surface area (Å²) in [6, 6.07) is 14.0. The van der Waals surface area contributed by atoms with Gasteiger partial charge in [0.05, 0.1) is 5.75 Å². The summed E-state index contributed by atoms with van der Waals surface area (Å²) in [6.07, 6.45) is 0. The maximum atomic E-state index is 12.3. The lowest BCUT2D eigenvalue weighted by atomic mass is 9.87. The van der Waals surface area contributed by atoms with Crippen LogP contribution in [-0.2, 0) is 10.2 Å². The van der Waals surface area contributed by atoms with E-state index >= 15 is 0 Å². The fourth-order valence-corrected chi connectivity index (χ4v) is 3.55. The number of nitrogens with one attached hydrogen (secondary N) is 1. The van der Waals surface area contributed by atoms with Crippen LogP contribution in [0.25, 0.3) is 11.4 Å². The average Bonchev–Trinajstić information content (AvgIpc) is 3.04. The molecule has 1 heterocycles. The van der Waals surface area contributed by atoms with Crippen LogP contribution in [0, 0.1) is 13.8 Å². The number of anilines is 1. The van der Waals surface area contributed by atoms with Crippen LogP contribution >= 0.6 is 11.8 Å². The van der Waals surface area contributed by atoms with Crippen molar-refractivity contribution >= 4 is 23.4 Å². The number of carbonyl (C=O) groups is 1. The molecule has 3 rings (SSSR count). The van der Waals surface area contributed by atoms with Crippen molar-refractivity contribution in [1.29, 1.82) is 0 Å². The van der Waals surface area contributed by atoms with Gasteiger partial charge in [0, 0.05) is 11.3 Å². The first-order valence-electron chi connectivity index (χ1n) is 9.47. The van der Waals surface area contributed by atoms with Crippen molar-refractivity contribution in [2.24, 2.45) is 0 Å². The summed E-state index contributed by atoms with van der Waals surface area (Å²) in [7, 11) is 0. The normalized spacial score (nSPS) is 11.5. The first kappa shape index (κ1) is 20.9. The predicted octanol–water partition coefficient (Wildman–Crippen LogP) is 4.30. The highest BCUT2D eigenvalue weighted by atomic mass is 32.2. The monoisotopic (exact) mass is 409 g/mol. The van der Waals surface area contributed by atoms with E-state index in [1.54, 1.807) is 0 Å². The van der Waals surface area contributed by atoms with Crippen LogP contribution in [0.3, 0.4) is 0 Å². The quantitative estimate of drug-likeness (QED) is 0.485. The number of hydrogen-bond donors (Lipinski definition) is 2. The Morgan fingerprint density at radius 3 is 2.45 bits per heavy atom. The smallest absolute Gasteiger partial charge is 0.234 e. The molecule has 0 bridgehead atoms. The molecule has 6 nitrogen and oxygen atoms in total. The SMILES string of the molecule is Cc1cccc(NC(=O)CSc2nnc(-c3ccc(C(C)(C)C)cc3)n2N)c1C. The Hall–Kier alpha value is -2.80. The van der Waals surface area contributed by atoms with E-state index in [-0.39, 0.29) is 17.1 Å². The Bertz CT molecular complexity index is 1020. The molecule has 0 aliphatic carbocycles. The molecule has 0 spiro atoms. The Morgan fingerprint density at radius 1 is 1.10 bits per heavy atom. The maximum Gasteiger partial charge on any atom is 0.234 e. The van der Waals surface area contributed by atoms with Gasteiger partial charge in [-0.2, -0.15) is 0 Å². The lowest BCUT2D eigenvalue weighted by molar-refractivity contribution is -0.113. The van der Waals surface area contributed by atoms with Crippen LogP contribution in [0.2, 0.25) is 0 Å². The van der Waals surface area contributed by atoms with Crippen LogP contribution in [0.1, 0.15) is 37.5 Å². The van der Waals surface area contributed by atoms with Crippen molar-refractivity contribution in [1.82, 2.24) is 14.9 Å². The van der Waals surface area contributed by atoms with Gasteiger partial charge in [-0.05, 0) is 42.0 Å². The Labute approximate surface area is 175 Å². The van der Waals surface area contributed by atoms with Crippen molar-refractivity contribution < 1.29 is 4.79 Å². The minimum Gasteiger partial charge on any atom is -0.335 e. The van der Waals surface area contributed by atoms with E-state index in [9.17, 15) is 4.79 Å². The standard InChI is InChI=1S/C22H27N5OS/c1-14-7-6-8-18(15(14)2)24-19(28)13-29-21-26-25-20(27(21)23)16-9-11-17(12-10-16)22(3,4)5/h6-12H,13,23H2,1-5H3,(H,24,28). The number of benzene rings is 2. The second-order valence-corrected chi connectivity index (χ2v) is 9.03. The molecule has 0 radical (unpaired) electrons. The van der Waals surface area contributed by atoms with E-state index in [1.165, 1.54) is 22.0 Å². The molecule has 0 aliphatic heterocycles. The van der Waals surface area contributed by atoms with Gasteiger partial charge in [0.15, 0.2) is 5.82 Å². The van der Waals surface area contributed by atoms with Gasteiger partial charge < -0.3 is 11.2 Å². The molecule has 2 aromatic carbocycles. The minimum absolute atomic E-state index is 0.0823. The van der Waals surface area contributed by atoms with Gasteiger partial charge in [-0.3, -0.25) is 4.79 Å². The Balaban J connectivity index is 1.67. The van der Waals surface area contributed by atoms with Gasteiger partial charge in [0.25, 0.3) is 0 Å². The van der Waals surface area contributed by atoms with Crippen LogP contribution in [-0.4, -0.2) is 26.5 Å². The van der Waals surface area contributed by atoms with E-state index in [4.69, 9.17) is 5.84 Å². The molecule has 0 saturated carbocycles. The molecule has 3 aromatic rings. The van der Waals surface area contributed by atoms with E-state index in [1.807, 2.05) is 44.2 Å². The third kappa shape index (κ3) is 4.79. The van der Waals surface area contributed by atoms with E-state index in [2.05, 4.69) is 48.4 Å². The lowest BCUT2D eigenvalue weighted by Gasteiger charge is -2.19. The van der Waals surface area contributed by atoms with Crippen LogP contribution < -0.4 is 11.2 Å². The molecule has 1 amide bonds. The number of aryl methyl sites for hydroxylation is 1. The van der Waals surface area contributed by atoms with Gasteiger partial charge in [-0.25, -0.2) is 4.68 Å². The van der Waals surface area contributed by atoms with Crippen LogP contribution in [0.4, 0.5) is 5.69 Å². The van der Waals surface area contributed by atoms with Gasteiger partial charge >= 0.3 is 0 Å². The number of amides is 1. The van der Waals surface area contributed by atoms with Crippen LogP contribution in [0.5, 0.6) is 0 Å². The van der Waals surface area contributed by atoms with Crippen molar-refractivity contribution in [3.63, 3.8) is 0 Å². The highest BCUT2D eigenvalue weighted by Gasteiger charge is 2.17. The number of nitrogens with two attached hydrogens (primary N) is 1. The van der Waals surface area contributed by atoms with Crippen molar-refractivity contribution in [3.8, 4) is 11.4 Å². The van der Waals surface area contributed by atoms with Crippen LogP contribution in [0.15, 0.2) is 47.6 Å². The summed E-state index contributed by atoms with van der Waals surface area (Å²) in [5.41, 5.74) is 5.23. The van der Waals surface area contributed by atoms with E-state index < -0.39 is 0 Å². The number of rotatable bonds is 5. The van der Waals surface area contributed by atoms with Gasteiger partial charge in [0.1, 0.15) is 0 Å². The maximum absolute atomic E-state index is 12.3. The number of carbonyl (C=O) groups excluding carboxylic acids is 1. The Kier molecular flexibility index (Phi) is 5.98. The Morgan fingerprint density at radius 2 is 1.79 bits per heavy atom. The molecule has 0 saturated heterocycles. The topological polar surface area (TPSA) is 85.8 Å². The van der Waals surface area contributed by atoms with Crippen molar-refractivity contribution in [2.45, 2.75) is 45.2 Å². The fourth-order valence-electron chi connectivity index (χ4n) is 2.89. The number of nitrogen functional groups attached to an aromatic ring is 1. The minimum atomic E-state index is -0.109. The number of nitrogens with zero attached hydrogens (tertiary/aromatic N) is 3. The summed E-state index contributed by atoms with van der Waals surface area (Å²) in [4.78, 5) is 12.3. The van der Waals surface area contributed by atoms with Gasteiger partial charge in [-0.15, -0.1) is 10.2 Å². The zero-order valence-corrected chi connectivity index (χ0v) is 18.3. The van der Waals surface area contributed by atoms with Gasteiger partial charge in [-0.1, -0.05) is 68.9 Å². The third-order valence-electron chi connectivity index (χ3n) is 4.88. The van der Waals surface area contributed by atoms with Crippen molar-refractivity contribution in [2.75, 3.05) is 16.9 Å². The summed E-state index contributed by atoms with van der Waals surface area (Å²) in [5, 5.41) is 11.8. The highest BCUT2D eigenvalue weighted by molar-refractivity contribution is 7.99. The molecular formula is C22H27N5OS. The predicted molar refractivity (Wildman–Crippen MR) is 120 cm³/mol. The van der Waals surface area contributed by atoms with Gasteiger partial charge in [0.2, 0.25) is 11.1 Å². The lowest BCUT2D eigenvalue weighted by Crippen LogP contribution is -2.17. The largest absolute Gasteiger partial charge is 0.335 e. The molecule has 0 atom stereocenters. The molecule has 0 fully saturated rings. The second-order valence-electron chi connectivity index (χ2n) is 8.09. The molecule has 152 valence electrons. The average molecular weight is 410 g/mol. The third-order valence-corrected chi connectivity index (χ3v) is 5.83. The number of thioether (sulfide) groups is 1. The first-order chi connectivity index (χ1) is 13.7. The number of aromatic nitrogens is 3. The number of hydrogen-bond acceptors (Lipinski definition) is 5. The zero-order chi connectivity index (χ0) is 21.2. The fraction of sp³-hybridized carbons (Fsp3) is 0.318. The molecule has 3 N–H and O–H groups in total. The van der Waals surface area contributed by atoms with Crippen molar-refractivity contribution in [3.05, 3.63) is 59.2 Å². The zero-order valence-electron chi connectivity index (χ0n) is 17.5. The summed E-state index contributed by atoms with van der Waals surface area (Å²) in [6.45, 7) is 10.5. The summed E-state index contributed by atoms with van der Waals surface area (Å²) >= 11 is 1.26. The summed E-state index contributed by atoms with van der Waals surface area (Å²) in [5.74, 6) is 6.84. The summed E-state index contributed by atoms with van der Waals surface area (Å²) < 4.78 is 1.43. The highest BCUT2D eigenvalue weighted by Crippen LogP contribution is 2.26. The molecule has 1 aromatic heterocycles. The first-order valence-corrected chi connectivity index (χ1v) is 10.5. The molecule has 0 unspecified atom stereocenters. The molecule has 0 aliphatic rings.